The van der Waals surface area contributed by atoms with Crippen molar-refractivity contribution in [1.82, 2.24) is 40.8 Å². The summed E-state index contributed by atoms with van der Waals surface area (Å²) in [4.78, 5) is 59.2. The molecule has 0 unspecified atom stereocenters. The molecule has 0 aliphatic carbocycles. The lowest BCUT2D eigenvalue weighted by Crippen LogP contribution is -2.58. The molecule has 15 nitrogen and oxygen atoms in total. The lowest BCUT2D eigenvalue weighted by molar-refractivity contribution is -0.132. The number of nitrogens with one attached hydrogen (secondary N) is 4. The third kappa shape index (κ3) is 9.93. The number of ether oxygens (including phenoxy) is 2. The Morgan fingerprint density at radius 1 is 0.964 bits per heavy atom. The Kier molecular flexibility index (Phi) is 12.5. The SMILES string of the molecule is COc1cc2ccc1OCCn1cc(nn1)CCN(Cc1cc3cccc(C)c3[nH]c1=O)CCNC(=O)[C@H]([C@@H](C)O)NC(=O)[C@@H](Cc1ccccc1)NC2=O. The molecule has 2 aliphatic rings. The fraction of sp³-hybridized carbons (Fsp3) is 0.350. The Balaban J connectivity index is 1.27. The van der Waals surface area contributed by atoms with Gasteiger partial charge in [0.2, 0.25) is 11.8 Å². The number of H-pyrrole nitrogens is 1. The molecule has 0 fully saturated rings. The number of amides is 3. The van der Waals surface area contributed by atoms with Crippen LogP contribution in [0.2, 0.25) is 0 Å². The molecular formula is C40H46N8O7. The molecule has 5 aromatic rings. The van der Waals surface area contributed by atoms with Gasteiger partial charge in [-0.3, -0.25) is 24.1 Å². The summed E-state index contributed by atoms with van der Waals surface area (Å²) in [6, 6.07) is 19.2. The highest BCUT2D eigenvalue weighted by Crippen LogP contribution is 2.28. The molecular weight excluding hydrogens is 704 g/mol. The van der Waals surface area contributed by atoms with Gasteiger partial charge in [-0.2, -0.15) is 0 Å². The van der Waals surface area contributed by atoms with E-state index in [1.807, 2.05) is 72.6 Å². The zero-order valence-electron chi connectivity index (χ0n) is 31.1. The van der Waals surface area contributed by atoms with Gasteiger partial charge in [0.05, 0.1) is 31.0 Å². The average molecular weight is 751 g/mol. The molecule has 0 saturated carbocycles. The van der Waals surface area contributed by atoms with Crippen molar-refractivity contribution in [2.75, 3.05) is 33.4 Å². The normalized spacial score (nSPS) is 18.5. The lowest BCUT2D eigenvalue weighted by Gasteiger charge is -2.26. The summed E-state index contributed by atoms with van der Waals surface area (Å²) in [6.45, 7) is 5.24. The van der Waals surface area contributed by atoms with E-state index < -0.39 is 35.9 Å². The van der Waals surface area contributed by atoms with Gasteiger partial charge in [0, 0.05) is 56.3 Å². The number of rotatable bonds is 6. The second-order valence-corrected chi connectivity index (χ2v) is 13.6. The van der Waals surface area contributed by atoms with Gasteiger partial charge in [0.25, 0.3) is 11.5 Å². The molecule has 288 valence electrons. The van der Waals surface area contributed by atoms with E-state index in [2.05, 4.69) is 31.2 Å². The third-order valence-corrected chi connectivity index (χ3v) is 9.53. The molecule has 4 bridgehead atoms. The van der Waals surface area contributed by atoms with Crippen LogP contribution in [0.4, 0.5) is 0 Å². The number of pyridine rings is 1. The minimum Gasteiger partial charge on any atom is -0.493 e. The Labute approximate surface area is 318 Å². The maximum atomic E-state index is 13.8. The summed E-state index contributed by atoms with van der Waals surface area (Å²) in [6.07, 6.45) is 1.19. The van der Waals surface area contributed by atoms with Crippen LogP contribution >= 0.6 is 0 Å². The maximum Gasteiger partial charge on any atom is 0.252 e. The van der Waals surface area contributed by atoms with Crippen LogP contribution in [0.25, 0.3) is 10.9 Å². The molecule has 55 heavy (non-hydrogen) atoms. The zero-order chi connectivity index (χ0) is 38.9. The number of aromatic amines is 1. The highest BCUT2D eigenvalue weighted by Gasteiger charge is 2.30. The number of carbonyl (C=O) groups is 3. The predicted molar refractivity (Wildman–Crippen MR) is 205 cm³/mol. The number of benzene rings is 3. The molecule has 0 radical (unpaired) electrons. The van der Waals surface area contributed by atoms with E-state index in [0.717, 1.165) is 27.7 Å². The fourth-order valence-electron chi connectivity index (χ4n) is 6.48. The highest BCUT2D eigenvalue weighted by molar-refractivity contribution is 5.99. The molecule has 0 saturated heterocycles. The Morgan fingerprint density at radius 2 is 1.78 bits per heavy atom. The molecule has 5 N–H and O–H groups in total. The second kappa shape index (κ2) is 17.8. The number of aryl methyl sites for hydroxylation is 1. The molecule has 2 aliphatic heterocycles. The fourth-order valence-corrected chi connectivity index (χ4v) is 6.48. The van der Waals surface area contributed by atoms with Crippen molar-refractivity contribution in [3.8, 4) is 11.5 Å². The monoisotopic (exact) mass is 750 g/mol. The smallest absolute Gasteiger partial charge is 0.252 e. The molecule has 3 atom stereocenters. The largest absolute Gasteiger partial charge is 0.493 e. The Hall–Kier alpha value is -6.06. The van der Waals surface area contributed by atoms with Gasteiger partial charge in [-0.15, -0.1) is 5.10 Å². The van der Waals surface area contributed by atoms with Crippen molar-refractivity contribution in [3.05, 3.63) is 117 Å². The van der Waals surface area contributed by atoms with Crippen molar-refractivity contribution in [1.29, 1.82) is 0 Å². The van der Waals surface area contributed by atoms with E-state index in [-0.39, 0.29) is 37.2 Å². The summed E-state index contributed by atoms with van der Waals surface area (Å²) >= 11 is 0. The van der Waals surface area contributed by atoms with Gasteiger partial charge in [0.15, 0.2) is 11.5 Å². The van der Waals surface area contributed by atoms with Crippen LogP contribution in [0, 0.1) is 6.92 Å². The summed E-state index contributed by atoms with van der Waals surface area (Å²) < 4.78 is 13.2. The quantitative estimate of drug-likeness (QED) is 0.160. The minimum atomic E-state index is -1.32. The van der Waals surface area contributed by atoms with Crippen LogP contribution in [-0.4, -0.2) is 99.2 Å². The first-order valence-electron chi connectivity index (χ1n) is 18.2. The van der Waals surface area contributed by atoms with Crippen molar-refractivity contribution >= 4 is 28.6 Å². The molecule has 7 rings (SSSR count). The van der Waals surface area contributed by atoms with Gasteiger partial charge >= 0.3 is 0 Å². The van der Waals surface area contributed by atoms with E-state index in [4.69, 9.17) is 9.47 Å². The Morgan fingerprint density at radius 3 is 2.56 bits per heavy atom. The van der Waals surface area contributed by atoms with E-state index in [1.165, 1.54) is 20.1 Å². The molecule has 3 aromatic carbocycles. The molecule has 0 spiro atoms. The molecule has 4 heterocycles. The average Bonchev–Trinajstić information content (AvgIpc) is 3.63. The number of hydrogen-bond donors (Lipinski definition) is 5. The number of methoxy groups -OCH3 is 1. The number of para-hydroxylation sites is 1. The summed E-state index contributed by atoms with van der Waals surface area (Å²) in [5.74, 6) is -1.07. The van der Waals surface area contributed by atoms with Gasteiger partial charge in [0.1, 0.15) is 18.7 Å². The van der Waals surface area contributed by atoms with Crippen LogP contribution in [-0.2, 0) is 35.5 Å². The van der Waals surface area contributed by atoms with Gasteiger partial charge in [-0.1, -0.05) is 53.7 Å². The number of aliphatic hydroxyl groups is 1. The van der Waals surface area contributed by atoms with E-state index in [0.29, 0.717) is 43.1 Å². The number of hydrogen-bond acceptors (Lipinski definition) is 10. The van der Waals surface area contributed by atoms with Crippen LogP contribution in [0.5, 0.6) is 11.5 Å². The summed E-state index contributed by atoms with van der Waals surface area (Å²) in [5, 5.41) is 28.5. The molecule has 3 amide bonds. The first kappa shape index (κ1) is 38.7. The van der Waals surface area contributed by atoms with Gasteiger partial charge < -0.3 is 35.5 Å². The van der Waals surface area contributed by atoms with Crippen LogP contribution in [0.3, 0.4) is 0 Å². The van der Waals surface area contributed by atoms with E-state index >= 15 is 0 Å². The maximum absolute atomic E-state index is 13.8. The van der Waals surface area contributed by atoms with Crippen molar-refractivity contribution in [3.63, 3.8) is 0 Å². The van der Waals surface area contributed by atoms with Crippen molar-refractivity contribution < 1.29 is 29.0 Å². The highest BCUT2D eigenvalue weighted by atomic mass is 16.5. The van der Waals surface area contributed by atoms with Gasteiger partial charge in [-0.05, 0) is 54.6 Å². The second-order valence-electron chi connectivity index (χ2n) is 13.6. The van der Waals surface area contributed by atoms with E-state index in [9.17, 15) is 24.3 Å². The standard InChI is InChI=1S/C40H46N8O7/c1-25-8-7-11-28-21-30(38(51)43-35(25)28)23-47-16-14-31-24-48(46-45-31)18-19-55-33-13-12-29(22-34(33)54-3)37(50)42-32(20-27-9-5-4-6-10-27)39(52)44-36(26(2)49)40(53)41-15-17-47/h4-13,21-22,24,26,32,36,49H,14-20,23H2,1-3H3,(H,41,53)(H,42,50)(H,43,51)(H,44,52)/t26-,32-,36+/m1/s1. The lowest BCUT2D eigenvalue weighted by atomic mass is 10.0. The van der Waals surface area contributed by atoms with Crippen LogP contribution in [0.15, 0.2) is 83.8 Å². The number of nitrogens with zero attached hydrogens (tertiary/aromatic N) is 4. The minimum absolute atomic E-state index is 0.122. The third-order valence-electron chi connectivity index (χ3n) is 9.53. The Bertz CT molecular complexity index is 2190. The topological polar surface area (TPSA) is 193 Å². The molecule has 2 aromatic heterocycles. The predicted octanol–water partition coefficient (Wildman–Crippen LogP) is 1.90. The summed E-state index contributed by atoms with van der Waals surface area (Å²) in [7, 11) is 1.47. The van der Waals surface area contributed by atoms with Crippen molar-refractivity contribution in [2.24, 2.45) is 0 Å². The first-order chi connectivity index (χ1) is 26.6. The number of fused-ring (bicyclic) bond motifs is 17. The first-order valence-corrected chi connectivity index (χ1v) is 18.2. The number of carbonyl (C=O) groups excluding carboxylic acids is 3. The number of aliphatic hydroxyl groups excluding tert-OH is 1. The van der Waals surface area contributed by atoms with Gasteiger partial charge in [-0.25, -0.2) is 4.68 Å². The van der Waals surface area contributed by atoms with Crippen molar-refractivity contribution in [2.45, 2.75) is 58.0 Å². The number of aromatic nitrogens is 4. The zero-order valence-corrected chi connectivity index (χ0v) is 31.1. The summed E-state index contributed by atoms with van der Waals surface area (Å²) in [5.41, 5.74) is 3.84. The molecule has 15 heteroatoms. The van der Waals surface area contributed by atoms with Crippen LogP contribution < -0.4 is 31.0 Å². The van der Waals surface area contributed by atoms with Crippen LogP contribution in [0.1, 0.15) is 39.7 Å². The van der Waals surface area contributed by atoms with E-state index in [1.54, 1.807) is 16.8 Å².